The molecule has 0 aliphatic heterocycles. The number of aryl methyl sites for hydroxylation is 3. The molecule has 0 atom stereocenters. The summed E-state index contributed by atoms with van der Waals surface area (Å²) in [5, 5.41) is 11.9. The predicted octanol–water partition coefficient (Wildman–Crippen LogP) is 22.1. The van der Waals surface area contributed by atoms with E-state index in [2.05, 4.69) is 243 Å². The number of hydrogen-bond donors (Lipinski definition) is 0. The summed E-state index contributed by atoms with van der Waals surface area (Å²) in [6.07, 6.45) is 0. The van der Waals surface area contributed by atoms with Gasteiger partial charge in [0.15, 0.2) is 0 Å². The topological polar surface area (TPSA) is 25.8 Å². The minimum atomic E-state index is -0.0393. The van der Waals surface area contributed by atoms with Gasteiger partial charge in [-0.1, -0.05) is 161 Å². The van der Waals surface area contributed by atoms with Crippen LogP contribution in [0.3, 0.4) is 0 Å². The lowest BCUT2D eigenvalue weighted by Gasteiger charge is -2.26. The Morgan fingerprint density at radius 3 is 1.10 bits per heavy atom. The summed E-state index contributed by atoms with van der Waals surface area (Å²) in [6, 6.07) is 54.7. The van der Waals surface area contributed by atoms with Gasteiger partial charge < -0.3 is 0 Å². The van der Waals surface area contributed by atoms with E-state index in [0.29, 0.717) is 0 Å². The molecule has 0 radical (unpaired) electrons. The molecule has 0 unspecified atom stereocenters. The monoisotopic (exact) mass is 1040 g/mol. The third kappa shape index (κ3) is 8.24. The first-order valence-corrected chi connectivity index (χ1v) is 29.2. The molecule has 8 aromatic carbocycles. The molecule has 77 heavy (non-hydrogen) atoms. The van der Waals surface area contributed by atoms with Gasteiger partial charge in [-0.15, -0.1) is 22.7 Å². The summed E-state index contributed by atoms with van der Waals surface area (Å²) < 4.78 is 4.79. The zero-order valence-electron chi connectivity index (χ0n) is 47.5. The van der Waals surface area contributed by atoms with Gasteiger partial charge in [0.2, 0.25) is 0 Å². The minimum Gasteiger partial charge on any atom is -0.246 e. The molecule has 0 amide bonds. The van der Waals surface area contributed by atoms with E-state index in [1.54, 1.807) is 0 Å². The molecule has 0 saturated carbocycles. The number of benzene rings is 8. The van der Waals surface area contributed by atoms with Crippen molar-refractivity contribution < 1.29 is 0 Å². The second-order valence-corrected chi connectivity index (χ2v) is 28.7. The van der Waals surface area contributed by atoms with Crippen LogP contribution in [0.1, 0.15) is 122 Å². The van der Waals surface area contributed by atoms with Crippen molar-refractivity contribution in [1.29, 1.82) is 0 Å². The smallest absolute Gasteiger partial charge is 0.0809 e. The second-order valence-electron chi connectivity index (χ2n) is 26.6. The summed E-state index contributed by atoms with van der Waals surface area (Å²) in [6.45, 7) is 34.8. The highest BCUT2D eigenvalue weighted by Gasteiger charge is 2.26. The molecule has 8 bridgehead atoms. The number of thiophene rings is 2. The van der Waals surface area contributed by atoms with Crippen molar-refractivity contribution in [2.75, 3.05) is 0 Å². The van der Waals surface area contributed by atoms with Crippen LogP contribution in [0.15, 0.2) is 140 Å². The molecular weight excluding hydrogens is 969 g/mol. The van der Waals surface area contributed by atoms with Crippen molar-refractivity contribution in [3.63, 3.8) is 0 Å². The van der Waals surface area contributed by atoms with E-state index in [0.717, 1.165) is 38.2 Å². The van der Waals surface area contributed by atoms with E-state index in [-0.39, 0.29) is 21.7 Å². The van der Waals surface area contributed by atoms with Gasteiger partial charge in [-0.05, 0) is 187 Å². The fraction of sp³-hybridized carbons (Fsp3) is 0.260. The predicted molar refractivity (Wildman–Crippen MR) is 341 cm³/mol. The quantitative estimate of drug-likeness (QED) is 0.176. The third-order valence-corrected chi connectivity index (χ3v) is 18.9. The van der Waals surface area contributed by atoms with Crippen molar-refractivity contribution >= 4 is 117 Å². The molecule has 2 nitrogen and oxygen atoms in total. The van der Waals surface area contributed by atoms with E-state index in [4.69, 9.17) is 9.97 Å². The molecule has 0 fully saturated rings. The van der Waals surface area contributed by atoms with Crippen LogP contribution in [0.25, 0.3) is 128 Å². The lowest BCUT2D eigenvalue weighted by molar-refractivity contribution is 0.568. The van der Waals surface area contributed by atoms with Crippen LogP contribution in [0.5, 0.6) is 0 Å². The maximum absolute atomic E-state index is 5.88. The Balaban J connectivity index is 1.25. The van der Waals surface area contributed by atoms with E-state index in [9.17, 15) is 0 Å². The van der Waals surface area contributed by atoms with Crippen LogP contribution in [0.2, 0.25) is 0 Å². The molecule has 0 saturated heterocycles. The zero-order valence-corrected chi connectivity index (χ0v) is 49.1. The summed E-state index contributed by atoms with van der Waals surface area (Å²) in [5.41, 5.74) is 20.7. The highest BCUT2D eigenvalue weighted by Crippen LogP contribution is 2.47. The summed E-state index contributed by atoms with van der Waals surface area (Å²) in [7, 11) is 0. The van der Waals surface area contributed by atoms with Crippen LogP contribution >= 0.6 is 22.7 Å². The lowest BCUT2D eigenvalue weighted by atomic mass is 9.78. The fourth-order valence-electron chi connectivity index (χ4n) is 12.3. The number of rotatable bonds is 3. The van der Waals surface area contributed by atoms with Gasteiger partial charge in [0.25, 0.3) is 0 Å². The van der Waals surface area contributed by atoms with Crippen molar-refractivity contribution in [2.24, 2.45) is 0 Å². The molecule has 13 aromatic rings. The van der Waals surface area contributed by atoms with E-state index in [1.807, 2.05) is 22.7 Å². The normalized spacial score (nSPS) is 13.1. The number of hydrogen-bond acceptors (Lipinski definition) is 4. The van der Waals surface area contributed by atoms with Gasteiger partial charge in [-0.25, -0.2) is 9.97 Å². The average molecular weight is 1040 g/mol. The average Bonchev–Trinajstić information content (AvgIpc) is 4.42. The molecule has 5 heterocycles. The summed E-state index contributed by atoms with van der Waals surface area (Å²) in [4.78, 5) is 11.7. The SMILES string of the molecule is Cc1cc(C)c(-c2cc3c4ccc(s4)c4cc(-c5cc(C(C)(C)C)cc(C(C)(C)C)c5)cc5c6cc(-c7cc(C(C)(C)C)cc(C(C)(C)C)c7)cc(c7ccc(s7)c7cc8ccccc8c8c(c2)c3nc78)c6nc45)c(C)c1. The summed E-state index contributed by atoms with van der Waals surface area (Å²) >= 11 is 3.73. The summed E-state index contributed by atoms with van der Waals surface area (Å²) in [5.74, 6) is 0. The number of nitrogens with zero attached hydrogens (tertiary/aromatic N) is 2. The van der Waals surface area contributed by atoms with E-state index in [1.165, 1.54) is 129 Å². The molecule has 0 aliphatic carbocycles. The molecule has 0 N–H and O–H groups in total. The third-order valence-electron chi connectivity index (χ3n) is 16.6. The standard InChI is InChI=1S/C73H68N2S2/c1-39-24-40(2)64(41(3)25-39)47-35-57-62-21-20-60(76-62)55-33-45(43-26-48(70(4,5)6)37-49(27-43)71(7,8)9)31-53-54-32-46(44-28-50(72(10,11)12)38-51(29-44)73(13,14)15)34-56(67(54)74-66(53)55)61-22-23-63(77-61)58-30-42-18-16-17-19-52(42)65-59(36-47)68(57)75-69(58)65/h16-38H,1-15H3. The Hall–Kier alpha value is -6.98. The first-order chi connectivity index (χ1) is 36.3. The number of aromatic nitrogens is 2. The van der Waals surface area contributed by atoms with Gasteiger partial charge in [0.05, 0.1) is 22.1 Å². The molecule has 5 aromatic heterocycles. The molecule has 4 heteroatoms. The lowest BCUT2D eigenvalue weighted by Crippen LogP contribution is -2.16. The Labute approximate surface area is 461 Å². The zero-order chi connectivity index (χ0) is 54.0. The Kier molecular flexibility index (Phi) is 11.0. The van der Waals surface area contributed by atoms with Crippen molar-refractivity contribution in [3.8, 4) is 33.4 Å². The maximum Gasteiger partial charge on any atom is 0.0809 e. The Morgan fingerprint density at radius 1 is 0.312 bits per heavy atom. The Morgan fingerprint density at radius 2 is 0.662 bits per heavy atom. The van der Waals surface area contributed by atoms with Crippen LogP contribution in [-0.4, -0.2) is 9.97 Å². The van der Waals surface area contributed by atoms with Crippen LogP contribution < -0.4 is 0 Å². The first kappa shape index (κ1) is 49.6. The van der Waals surface area contributed by atoms with Gasteiger partial charge >= 0.3 is 0 Å². The van der Waals surface area contributed by atoms with Crippen LogP contribution in [-0.2, 0) is 21.7 Å². The van der Waals surface area contributed by atoms with E-state index < -0.39 is 0 Å². The highest BCUT2D eigenvalue weighted by molar-refractivity contribution is 7.25. The first-order valence-electron chi connectivity index (χ1n) is 27.5. The Bertz CT molecular complexity index is 4600. The molecule has 0 aliphatic rings. The van der Waals surface area contributed by atoms with Crippen molar-refractivity contribution in [2.45, 2.75) is 126 Å². The molecule has 13 rings (SSSR count). The second kappa shape index (κ2) is 17.0. The van der Waals surface area contributed by atoms with Gasteiger partial charge in [-0.2, -0.15) is 0 Å². The van der Waals surface area contributed by atoms with Crippen LogP contribution in [0.4, 0.5) is 0 Å². The van der Waals surface area contributed by atoms with Crippen molar-refractivity contribution in [1.82, 2.24) is 9.97 Å². The van der Waals surface area contributed by atoms with Gasteiger partial charge in [0.1, 0.15) is 0 Å². The number of fused-ring (bicyclic) bond motifs is 12. The largest absolute Gasteiger partial charge is 0.246 e. The maximum atomic E-state index is 5.88. The molecule has 382 valence electrons. The molecule has 0 spiro atoms. The van der Waals surface area contributed by atoms with Gasteiger partial charge in [0, 0.05) is 61.9 Å². The van der Waals surface area contributed by atoms with Gasteiger partial charge in [-0.3, -0.25) is 0 Å². The van der Waals surface area contributed by atoms with Crippen molar-refractivity contribution in [3.05, 3.63) is 178 Å². The highest BCUT2D eigenvalue weighted by atomic mass is 32.1. The van der Waals surface area contributed by atoms with Crippen LogP contribution in [0, 0.1) is 20.8 Å². The minimum absolute atomic E-state index is 0.0358. The van der Waals surface area contributed by atoms with E-state index >= 15 is 0 Å². The fourth-order valence-corrected chi connectivity index (χ4v) is 14.3. The molecular formula is C73H68N2S2.